The highest BCUT2D eigenvalue weighted by molar-refractivity contribution is 5.87. The molecular formula is C25H23N3O4. The number of nitrogens with two attached hydrogens (primary N) is 1. The van der Waals surface area contributed by atoms with Crippen molar-refractivity contribution in [2.24, 2.45) is 0 Å². The standard InChI is InChI=1S/C25H23N3O4/c26-20-10-14(5-8-23(29)30)9-19(16-6-7-21-17(11-16)13-27-28-21)25(20)32-22-12-15-3-1-2-4-18(15)24(22)31/h1-4,6-7,9-11,13,22,24,31H,5,8,12,26H2,(H,27,28)(H,29,30). The Balaban J connectivity index is 1.55. The van der Waals surface area contributed by atoms with Crippen molar-refractivity contribution >= 4 is 22.6 Å². The molecule has 0 spiro atoms. The number of ether oxygens (including phenoxy) is 1. The Bertz CT molecular complexity index is 1310. The molecular weight excluding hydrogens is 406 g/mol. The number of fused-ring (bicyclic) bond motifs is 2. The Labute approximate surface area is 184 Å². The number of nitrogens with one attached hydrogen (secondary N) is 1. The minimum absolute atomic E-state index is 0.0104. The molecule has 7 heteroatoms. The number of aliphatic hydroxyl groups is 1. The highest BCUT2D eigenvalue weighted by Crippen LogP contribution is 2.41. The van der Waals surface area contributed by atoms with E-state index >= 15 is 0 Å². The van der Waals surface area contributed by atoms with Gasteiger partial charge >= 0.3 is 5.97 Å². The smallest absolute Gasteiger partial charge is 0.303 e. The molecule has 0 aliphatic heterocycles. The number of carbonyl (C=O) groups is 1. The molecule has 4 aromatic rings. The number of nitrogen functional groups attached to an aromatic ring is 1. The SMILES string of the molecule is Nc1cc(CCC(=O)O)cc(-c2ccc3[nH]ncc3c2)c1OC1Cc2ccccc2C1O. The van der Waals surface area contributed by atoms with Crippen LogP contribution in [0.2, 0.25) is 0 Å². The van der Waals surface area contributed by atoms with Crippen molar-refractivity contribution in [1.82, 2.24) is 10.2 Å². The first-order valence-electron chi connectivity index (χ1n) is 10.5. The zero-order chi connectivity index (χ0) is 22.2. The monoisotopic (exact) mass is 429 g/mol. The Kier molecular flexibility index (Phi) is 5.03. The number of aliphatic hydroxyl groups excluding tert-OH is 1. The molecule has 0 bridgehead atoms. The summed E-state index contributed by atoms with van der Waals surface area (Å²) in [6, 6.07) is 17.3. The summed E-state index contributed by atoms with van der Waals surface area (Å²) in [5.41, 5.74) is 12.1. The van der Waals surface area contributed by atoms with Gasteiger partial charge in [-0.2, -0.15) is 5.10 Å². The van der Waals surface area contributed by atoms with E-state index in [0.717, 1.165) is 38.7 Å². The summed E-state index contributed by atoms with van der Waals surface area (Å²) in [6.45, 7) is 0. The van der Waals surface area contributed by atoms with Crippen molar-refractivity contribution < 1.29 is 19.7 Å². The first kappa shape index (κ1) is 20.1. The van der Waals surface area contributed by atoms with E-state index in [0.29, 0.717) is 24.3 Å². The van der Waals surface area contributed by atoms with Crippen LogP contribution in [0.15, 0.2) is 60.8 Å². The van der Waals surface area contributed by atoms with Gasteiger partial charge in [0.15, 0.2) is 5.75 Å². The van der Waals surface area contributed by atoms with Crippen LogP contribution in [0.1, 0.15) is 29.2 Å². The van der Waals surface area contributed by atoms with Crippen molar-refractivity contribution in [2.75, 3.05) is 5.73 Å². The van der Waals surface area contributed by atoms with E-state index < -0.39 is 18.2 Å². The molecule has 1 aliphatic rings. The molecule has 1 aromatic heterocycles. The number of carboxylic acid groups (broad SMARTS) is 1. The predicted octanol–water partition coefficient (Wildman–Crippen LogP) is 3.87. The number of H-pyrrole nitrogens is 1. The zero-order valence-corrected chi connectivity index (χ0v) is 17.3. The fraction of sp³-hybridized carbons (Fsp3) is 0.200. The van der Waals surface area contributed by atoms with Crippen LogP contribution in [0, 0.1) is 0 Å². The number of hydrogen-bond acceptors (Lipinski definition) is 5. The number of aromatic nitrogens is 2. The number of aromatic amines is 1. The predicted molar refractivity (Wildman–Crippen MR) is 121 cm³/mol. The highest BCUT2D eigenvalue weighted by Gasteiger charge is 2.33. The lowest BCUT2D eigenvalue weighted by atomic mass is 9.97. The van der Waals surface area contributed by atoms with Crippen LogP contribution in [0.5, 0.6) is 5.75 Å². The lowest BCUT2D eigenvalue weighted by Crippen LogP contribution is -2.22. The van der Waals surface area contributed by atoms with Crippen molar-refractivity contribution in [3.63, 3.8) is 0 Å². The Morgan fingerprint density at radius 3 is 2.84 bits per heavy atom. The molecule has 2 atom stereocenters. The molecule has 0 radical (unpaired) electrons. The molecule has 32 heavy (non-hydrogen) atoms. The second-order valence-electron chi connectivity index (χ2n) is 8.13. The molecule has 3 aromatic carbocycles. The van der Waals surface area contributed by atoms with Crippen molar-refractivity contribution in [3.8, 4) is 16.9 Å². The van der Waals surface area contributed by atoms with Gasteiger partial charge in [0.25, 0.3) is 0 Å². The topological polar surface area (TPSA) is 121 Å². The Morgan fingerprint density at radius 1 is 1.19 bits per heavy atom. The van der Waals surface area contributed by atoms with E-state index in [2.05, 4.69) is 10.2 Å². The van der Waals surface area contributed by atoms with Crippen molar-refractivity contribution in [3.05, 3.63) is 77.5 Å². The van der Waals surface area contributed by atoms with Gasteiger partial charge in [0, 0.05) is 23.8 Å². The summed E-state index contributed by atoms with van der Waals surface area (Å²) in [4.78, 5) is 11.1. The lowest BCUT2D eigenvalue weighted by molar-refractivity contribution is -0.136. The van der Waals surface area contributed by atoms with E-state index in [4.69, 9.17) is 15.6 Å². The highest BCUT2D eigenvalue weighted by atomic mass is 16.5. The maximum absolute atomic E-state index is 11.1. The quantitative estimate of drug-likeness (QED) is 0.345. The van der Waals surface area contributed by atoms with Crippen LogP contribution in [0.25, 0.3) is 22.0 Å². The molecule has 2 unspecified atom stereocenters. The van der Waals surface area contributed by atoms with Gasteiger partial charge in [0.2, 0.25) is 0 Å². The molecule has 0 amide bonds. The normalized spacial score (nSPS) is 17.4. The van der Waals surface area contributed by atoms with E-state index in [1.165, 1.54) is 0 Å². The maximum atomic E-state index is 11.1. The van der Waals surface area contributed by atoms with E-state index in [9.17, 15) is 9.90 Å². The number of aryl methyl sites for hydroxylation is 1. The van der Waals surface area contributed by atoms with Crippen LogP contribution in [0.3, 0.4) is 0 Å². The fourth-order valence-corrected chi connectivity index (χ4v) is 4.36. The van der Waals surface area contributed by atoms with Gasteiger partial charge in [-0.3, -0.25) is 9.89 Å². The molecule has 0 saturated carbocycles. The largest absolute Gasteiger partial charge is 0.484 e. The van der Waals surface area contributed by atoms with Crippen molar-refractivity contribution in [2.45, 2.75) is 31.5 Å². The average Bonchev–Trinajstić information content (AvgIpc) is 3.38. The van der Waals surface area contributed by atoms with E-state index in [-0.39, 0.29) is 6.42 Å². The molecule has 0 fully saturated rings. The molecule has 1 aliphatic carbocycles. The first-order chi connectivity index (χ1) is 15.5. The third-order valence-corrected chi connectivity index (χ3v) is 5.97. The minimum Gasteiger partial charge on any atom is -0.484 e. The van der Waals surface area contributed by atoms with Gasteiger partial charge in [-0.1, -0.05) is 30.3 Å². The molecule has 5 N–H and O–H groups in total. The fourth-order valence-electron chi connectivity index (χ4n) is 4.36. The van der Waals surface area contributed by atoms with E-state index in [1.54, 1.807) is 12.3 Å². The summed E-state index contributed by atoms with van der Waals surface area (Å²) in [5, 5.41) is 27.9. The summed E-state index contributed by atoms with van der Waals surface area (Å²) in [5.74, 6) is -0.374. The number of anilines is 1. The maximum Gasteiger partial charge on any atom is 0.303 e. The summed E-state index contributed by atoms with van der Waals surface area (Å²) >= 11 is 0. The number of rotatable bonds is 6. The Morgan fingerprint density at radius 2 is 2.03 bits per heavy atom. The molecule has 162 valence electrons. The number of benzene rings is 3. The van der Waals surface area contributed by atoms with Crippen molar-refractivity contribution in [1.29, 1.82) is 0 Å². The van der Waals surface area contributed by atoms with E-state index in [1.807, 2.05) is 48.5 Å². The molecule has 5 rings (SSSR count). The number of nitrogens with zero attached hydrogens (tertiary/aromatic N) is 1. The van der Waals surface area contributed by atoms with Gasteiger partial charge in [0.05, 0.1) is 17.4 Å². The minimum atomic E-state index is -0.864. The zero-order valence-electron chi connectivity index (χ0n) is 17.3. The van der Waals surface area contributed by atoms with Crippen LogP contribution in [-0.4, -0.2) is 32.5 Å². The molecule has 7 nitrogen and oxygen atoms in total. The van der Waals surface area contributed by atoms with Crippen LogP contribution in [0.4, 0.5) is 5.69 Å². The van der Waals surface area contributed by atoms with Crippen LogP contribution in [-0.2, 0) is 17.6 Å². The van der Waals surface area contributed by atoms with Gasteiger partial charge in [-0.15, -0.1) is 0 Å². The summed E-state index contributed by atoms with van der Waals surface area (Å²) < 4.78 is 6.35. The van der Waals surface area contributed by atoms with Crippen LogP contribution >= 0.6 is 0 Å². The third kappa shape index (κ3) is 3.67. The van der Waals surface area contributed by atoms with Gasteiger partial charge < -0.3 is 20.7 Å². The van der Waals surface area contributed by atoms with Crippen LogP contribution < -0.4 is 10.5 Å². The van der Waals surface area contributed by atoms with Gasteiger partial charge in [-0.05, 0) is 52.9 Å². The third-order valence-electron chi connectivity index (χ3n) is 5.97. The first-order valence-corrected chi connectivity index (χ1v) is 10.5. The lowest BCUT2D eigenvalue weighted by Gasteiger charge is -2.22. The summed E-state index contributed by atoms with van der Waals surface area (Å²) in [6.07, 6.45) is 1.48. The van der Waals surface area contributed by atoms with Gasteiger partial charge in [-0.25, -0.2) is 0 Å². The van der Waals surface area contributed by atoms with Gasteiger partial charge in [0.1, 0.15) is 12.2 Å². The average molecular weight is 429 g/mol. The number of aliphatic carboxylic acids is 1. The Hall–Kier alpha value is -3.84. The number of carboxylic acids is 1. The molecule has 1 heterocycles. The molecule has 0 saturated heterocycles. The second-order valence-corrected chi connectivity index (χ2v) is 8.13. The summed E-state index contributed by atoms with van der Waals surface area (Å²) in [7, 11) is 0. The second kappa shape index (κ2) is 8.01. The number of hydrogen-bond donors (Lipinski definition) is 4.